The van der Waals surface area contributed by atoms with Crippen molar-refractivity contribution >= 4 is 11.7 Å². The van der Waals surface area contributed by atoms with Crippen molar-refractivity contribution in [3.63, 3.8) is 0 Å². The van der Waals surface area contributed by atoms with Crippen LogP contribution >= 0.6 is 0 Å². The van der Waals surface area contributed by atoms with Crippen LogP contribution in [0.3, 0.4) is 0 Å². The molecule has 0 N–H and O–H groups in total. The number of Topliss-reactive ketones (excluding diaryl/α,β-unsaturated/α-hetero) is 1. The van der Waals surface area contributed by atoms with E-state index in [0.717, 1.165) is 5.06 Å². The van der Waals surface area contributed by atoms with Crippen LogP contribution in [0.5, 0.6) is 0 Å². The van der Waals surface area contributed by atoms with Crippen LogP contribution in [0.2, 0.25) is 0 Å². The summed E-state index contributed by atoms with van der Waals surface area (Å²) < 4.78 is 5.00. The van der Waals surface area contributed by atoms with Gasteiger partial charge in [-0.05, 0) is 6.92 Å². The highest BCUT2D eigenvalue weighted by Gasteiger charge is 2.17. The SMILES string of the molecule is CO[C@@H](CC(C)=O)CC(=O)N(C)OC. The maximum atomic E-state index is 11.3. The number of hydrogen-bond acceptors (Lipinski definition) is 4. The number of methoxy groups -OCH3 is 1. The molecule has 0 bridgehead atoms. The van der Waals surface area contributed by atoms with E-state index in [1.165, 1.54) is 28.2 Å². The maximum Gasteiger partial charge on any atom is 0.248 e. The number of hydroxylamine groups is 2. The third kappa shape index (κ3) is 4.94. The van der Waals surface area contributed by atoms with Crippen molar-refractivity contribution in [1.82, 2.24) is 5.06 Å². The molecule has 0 rings (SSSR count). The fourth-order valence-corrected chi connectivity index (χ4v) is 0.985. The topological polar surface area (TPSA) is 55.8 Å². The first-order valence-electron chi connectivity index (χ1n) is 4.34. The smallest absolute Gasteiger partial charge is 0.248 e. The number of ether oxygens (including phenoxy) is 1. The Labute approximate surface area is 83.9 Å². The molecular weight excluding hydrogens is 186 g/mol. The van der Waals surface area contributed by atoms with E-state index in [1.54, 1.807) is 0 Å². The molecule has 1 atom stereocenters. The summed E-state index contributed by atoms with van der Waals surface area (Å²) in [4.78, 5) is 26.8. The largest absolute Gasteiger partial charge is 0.380 e. The van der Waals surface area contributed by atoms with E-state index < -0.39 is 0 Å². The van der Waals surface area contributed by atoms with Gasteiger partial charge >= 0.3 is 0 Å². The lowest BCUT2D eigenvalue weighted by molar-refractivity contribution is -0.171. The average molecular weight is 203 g/mol. The van der Waals surface area contributed by atoms with Gasteiger partial charge in [-0.1, -0.05) is 0 Å². The van der Waals surface area contributed by atoms with Crippen LogP contribution in [0.25, 0.3) is 0 Å². The zero-order valence-corrected chi connectivity index (χ0v) is 9.07. The summed E-state index contributed by atoms with van der Waals surface area (Å²) in [6.07, 6.45) is 0.0397. The summed E-state index contributed by atoms with van der Waals surface area (Å²) in [5.74, 6) is -0.203. The third-order valence-corrected chi connectivity index (χ3v) is 1.88. The van der Waals surface area contributed by atoms with Crippen LogP contribution in [-0.4, -0.2) is 44.1 Å². The van der Waals surface area contributed by atoms with Crippen LogP contribution in [-0.2, 0) is 19.2 Å². The summed E-state index contributed by atoms with van der Waals surface area (Å²) in [5, 5.41) is 1.12. The summed E-state index contributed by atoms with van der Waals surface area (Å²) >= 11 is 0. The van der Waals surface area contributed by atoms with Crippen molar-refractivity contribution in [2.45, 2.75) is 25.9 Å². The molecular formula is C9H17NO4. The second kappa shape index (κ2) is 6.50. The molecule has 0 saturated heterocycles. The number of hydrogen-bond donors (Lipinski definition) is 0. The minimum absolute atomic E-state index is 0.00437. The first kappa shape index (κ1) is 13.1. The minimum Gasteiger partial charge on any atom is -0.380 e. The number of ketones is 1. The Morgan fingerprint density at radius 1 is 1.29 bits per heavy atom. The Morgan fingerprint density at radius 3 is 2.21 bits per heavy atom. The lowest BCUT2D eigenvalue weighted by Gasteiger charge is -2.17. The van der Waals surface area contributed by atoms with Gasteiger partial charge in [0.2, 0.25) is 5.91 Å². The van der Waals surface area contributed by atoms with Crippen LogP contribution in [0, 0.1) is 0 Å². The monoisotopic (exact) mass is 203 g/mol. The fraction of sp³-hybridized carbons (Fsp3) is 0.778. The van der Waals surface area contributed by atoms with Gasteiger partial charge in [0.25, 0.3) is 0 Å². The molecule has 0 aromatic carbocycles. The molecule has 0 radical (unpaired) electrons. The van der Waals surface area contributed by atoms with Crippen LogP contribution in [0.15, 0.2) is 0 Å². The standard InChI is InChI=1S/C9H17NO4/c1-7(11)5-8(13-3)6-9(12)10(2)14-4/h8H,5-6H2,1-4H3/t8-/m0/s1. The molecule has 0 saturated carbocycles. The molecule has 0 aromatic rings. The first-order valence-corrected chi connectivity index (χ1v) is 4.34. The van der Waals surface area contributed by atoms with Crippen molar-refractivity contribution in [3.8, 4) is 0 Å². The molecule has 0 spiro atoms. The number of carbonyl (C=O) groups is 2. The quantitative estimate of drug-likeness (QED) is 0.586. The number of amides is 1. The van der Waals surface area contributed by atoms with E-state index in [2.05, 4.69) is 0 Å². The summed E-state index contributed by atoms with van der Waals surface area (Å²) in [6.45, 7) is 1.47. The van der Waals surface area contributed by atoms with E-state index in [9.17, 15) is 9.59 Å². The highest BCUT2D eigenvalue weighted by Crippen LogP contribution is 2.05. The molecule has 5 nitrogen and oxygen atoms in total. The van der Waals surface area contributed by atoms with Crippen LogP contribution in [0.1, 0.15) is 19.8 Å². The molecule has 0 aliphatic rings. The van der Waals surface area contributed by atoms with Crippen molar-refractivity contribution in [2.24, 2.45) is 0 Å². The van der Waals surface area contributed by atoms with Crippen LogP contribution < -0.4 is 0 Å². The van der Waals surface area contributed by atoms with Gasteiger partial charge in [-0.2, -0.15) is 0 Å². The predicted molar refractivity (Wildman–Crippen MR) is 50.5 cm³/mol. The molecule has 14 heavy (non-hydrogen) atoms. The fourth-order valence-electron chi connectivity index (χ4n) is 0.985. The zero-order valence-electron chi connectivity index (χ0n) is 9.07. The first-order chi connectivity index (χ1) is 6.51. The van der Waals surface area contributed by atoms with E-state index >= 15 is 0 Å². The molecule has 0 aliphatic heterocycles. The highest BCUT2D eigenvalue weighted by atomic mass is 16.7. The average Bonchev–Trinajstić information content (AvgIpc) is 2.14. The number of carbonyl (C=O) groups excluding carboxylic acids is 2. The number of nitrogens with zero attached hydrogens (tertiary/aromatic N) is 1. The molecule has 0 unspecified atom stereocenters. The van der Waals surface area contributed by atoms with E-state index in [0.29, 0.717) is 0 Å². The second-order valence-corrected chi connectivity index (χ2v) is 3.04. The van der Waals surface area contributed by atoms with Gasteiger partial charge in [0.15, 0.2) is 0 Å². The van der Waals surface area contributed by atoms with Gasteiger partial charge in [0.1, 0.15) is 5.78 Å². The Kier molecular flexibility index (Phi) is 6.07. The van der Waals surface area contributed by atoms with Gasteiger partial charge in [-0.15, -0.1) is 0 Å². The van der Waals surface area contributed by atoms with Gasteiger partial charge in [0.05, 0.1) is 19.6 Å². The summed E-state index contributed by atoms with van der Waals surface area (Å²) in [6, 6.07) is 0. The molecule has 0 fully saturated rings. The maximum absolute atomic E-state index is 11.3. The van der Waals surface area contributed by atoms with Crippen molar-refractivity contribution in [1.29, 1.82) is 0 Å². The molecule has 0 aromatic heterocycles. The van der Waals surface area contributed by atoms with Crippen molar-refractivity contribution in [3.05, 3.63) is 0 Å². The number of rotatable bonds is 6. The van der Waals surface area contributed by atoms with Gasteiger partial charge in [-0.3, -0.25) is 14.4 Å². The summed E-state index contributed by atoms with van der Waals surface area (Å²) in [7, 11) is 4.40. The lowest BCUT2D eigenvalue weighted by atomic mass is 10.1. The summed E-state index contributed by atoms with van der Waals surface area (Å²) in [5.41, 5.74) is 0. The van der Waals surface area contributed by atoms with E-state index in [4.69, 9.17) is 9.57 Å². The van der Waals surface area contributed by atoms with E-state index in [1.807, 2.05) is 0 Å². The second-order valence-electron chi connectivity index (χ2n) is 3.04. The Hall–Kier alpha value is -0.940. The Morgan fingerprint density at radius 2 is 1.86 bits per heavy atom. The van der Waals surface area contributed by atoms with Crippen molar-refractivity contribution < 1.29 is 19.2 Å². The highest BCUT2D eigenvalue weighted by molar-refractivity contribution is 5.79. The van der Waals surface area contributed by atoms with Crippen LogP contribution in [0.4, 0.5) is 0 Å². The minimum atomic E-state index is -0.363. The third-order valence-electron chi connectivity index (χ3n) is 1.88. The molecule has 5 heteroatoms. The Balaban J connectivity index is 4.04. The van der Waals surface area contributed by atoms with Gasteiger partial charge < -0.3 is 4.74 Å². The predicted octanol–water partition coefficient (Wildman–Crippen LogP) is 0.390. The molecule has 1 amide bonds. The van der Waals surface area contributed by atoms with Gasteiger partial charge in [-0.25, -0.2) is 5.06 Å². The lowest BCUT2D eigenvalue weighted by Crippen LogP contribution is -2.30. The normalized spacial score (nSPS) is 12.3. The zero-order chi connectivity index (χ0) is 11.1. The van der Waals surface area contributed by atoms with E-state index in [-0.39, 0.29) is 30.6 Å². The van der Waals surface area contributed by atoms with Crippen molar-refractivity contribution in [2.75, 3.05) is 21.3 Å². The molecule has 82 valence electrons. The Bertz CT molecular complexity index is 205. The molecule has 0 heterocycles. The molecule has 0 aliphatic carbocycles. The van der Waals surface area contributed by atoms with Gasteiger partial charge in [0, 0.05) is 20.6 Å².